The van der Waals surface area contributed by atoms with Gasteiger partial charge in [0.2, 0.25) is 0 Å². The molecule has 0 aromatic carbocycles. The average Bonchev–Trinajstić information content (AvgIpc) is 2.19. The van der Waals surface area contributed by atoms with Gasteiger partial charge in [0.15, 0.2) is 0 Å². The van der Waals surface area contributed by atoms with E-state index in [1.807, 2.05) is 0 Å². The Morgan fingerprint density at radius 3 is 2.43 bits per heavy atom. The topological polar surface area (TPSA) is 38.7 Å². The second-order valence-corrected chi connectivity index (χ2v) is 3.41. The van der Waals surface area contributed by atoms with Gasteiger partial charge < -0.3 is 0 Å². The lowest BCUT2D eigenvalue weighted by Crippen LogP contribution is -1.87. The zero-order valence-electron chi connectivity index (χ0n) is 6.98. The van der Waals surface area contributed by atoms with E-state index in [-0.39, 0.29) is 0 Å². The van der Waals surface area contributed by atoms with Crippen molar-refractivity contribution in [3.05, 3.63) is 40.9 Å². The number of hydrogen-bond donors (Lipinski definition) is 0. The molecule has 0 saturated heterocycles. The van der Waals surface area contributed by atoms with Crippen LogP contribution in [0.2, 0.25) is 10.2 Å². The van der Waals surface area contributed by atoms with Gasteiger partial charge in [-0.2, -0.15) is 0 Å². The number of hydrogen-bond acceptors (Lipinski definition) is 3. The highest BCUT2D eigenvalue weighted by Gasteiger charge is 2.01. The molecule has 0 bridgehead atoms. The van der Waals surface area contributed by atoms with Crippen molar-refractivity contribution in [3.8, 4) is 11.4 Å². The maximum absolute atomic E-state index is 5.72. The van der Waals surface area contributed by atoms with Crippen molar-refractivity contribution in [1.82, 2.24) is 15.0 Å². The van der Waals surface area contributed by atoms with Crippen molar-refractivity contribution in [1.29, 1.82) is 0 Å². The molecule has 0 unspecified atom stereocenters. The Morgan fingerprint density at radius 2 is 1.79 bits per heavy atom. The Balaban J connectivity index is 2.44. The smallest absolute Gasteiger partial charge is 0.133 e. The van der Waals surface area contributed by atoms with Gasteiger partial charge in [-0.3, -0.25) is 4.98 Å². The minimum absolute atomic E-state index is 0.395. The minimum atomic E-state index is 0.395. The molecule has 3 nitrogen and oxygen atoms in total. The maximum Gasteiger partial charge on any atom is 0.133 e. The molecule has 0 atom stereocenters. The van der Waals surface area contributed by atoms with Crippen molar-refractivity contribution in [2.75, 3.05) is 0 Å². The highest BCUT2D eigenvalue weighted by atomic mass is 35.5. The summed E-state index contributed by atoms with van der Waals surface area (Å²) < 4.78 is 0. The van der Waals surface area contributed by atoms with Gasteiger partial charge >= 0.3 is 0 Å². The molecule has 2 heterocycles. The van der Waals surface area contributed by atoms with Crippen LogP contribution in [0.5, 0.6) is 0 Å². The second-order valence-electron chi connectivity index (χ2n) is 2.59. The standard InChI is InChI=1S/C9H5Cl2N3/c10-6-1-2-7(12-4-6)8-3-9(11)14-5-13-8/h1-5H. The summed E-state index contributed by atoms with van der Waals surface area (Å²) in [5.41, 5.74) is 1.40. The summed E-state index contributed by atoms with van der Waals surface area (Å²) in [6.45, 7) is 0. The number of nitrogens with zero attached hydrogens (tertiary/aromatic N) is 3. The van der Waals surface area contributed by atoms with E-state index >= 15 is 0 Å². The number of rotatable bonds is 1. The van der Waals surface area contributed by atoms with Crippen molar-refractivity contribution in [2.24, 2.45) is 0 Å². The molecule has 5 heteroatoms. The second kappa shape index (κ2) is 3.90. The van der Waals surface area contributed by atoms with Gasteiger partial charge in [-0.25, -0.2) is 9.97 Å². The molecule has 0 aliphatic heterocycles. The third-order valence-corrected chi connectivity index (χ3v) is 2.05. The fourth-order valence-electron chi connectivity index (χ4n) is 1.00. The highest BCUT2D eigenvalue weighted by molar-refractivity contribution is 6.30. The molecule has 0 N–H and O–H groups in total. The summed E-state index contributed by atoms with van der Waals surface area (Å²) in [6, 6.07) is 5.18. The molecule has 2 aromatic rings. The van der Waals surface area contributed by atoms with Crippen LogP contribution < -0.4 is 0 Å². The predicted molar refractivity (Wildman–Crippen MR) is 55.3 cm³/mol. The van der Waals surface area contributed by atoms with E-state index in [9.17, 15) is 0 Å². The van der Waals surface area contributed by atoms with Gasteiger partial charge in [0, 0.05) is 12.3 Å². The lowest BCUT2D eigenvalue weighted by molar-refractivity contribution is 1.15. The minimum Gasteiger partial charge on any atom is -0.253 e. The number of aromatic nitrogens is 3. The van der Waals surface area contributed by atoms with Crippen LogP contribution in [0.3, 0.4) is 0 Å². The van der Waals surface area contributed by atoms with Gasteiger partial charge in [0.1, 0.15) is 11.5 Å². The van der Waals surface area contributed by atoms with Crippen LogP contribution in [0, 0.1) is 0 Å². The van der Waals surface area contributed by atoms with Crippen molar-refractivity contribution in [3.63, 3.8) is 0 Å². The van der Waals surface area contributed by atoms with Gasteiger partial charge in [0.25, 0.3) is 0 Å². The van der Waals surface area contributed by atoms with E-state index in [1.54, 1.807) is 24.4 Å². The van der Waals surface area contributed by atoms with Gasteiger partial charge in [0.05, 0.1) is 16.4 Å². The summed E-state index contributed by atoms with van der Waals surface area (Å²) in [5, 5.41) is 0.987. The first kappa shape index (κ1) is 9.37. The van der Waals surface area contributed by atoms with Crippen LogP contribution in [0.15, 0.2) is 30.7 Å². The van der Waals surface area contributed by atoms with Gasteiger partial charge in [-0.1, -0.05) is 23.2 Å². The summed E-state index contributed by atoms with van der Waals surface area (Å²) >= 11 is 11.4. The Labute approximate surface area is 90.8 Å². The molecular weight excluding hydrogens is 221 g/mol. The molecular formula is C9H5Cl2N3. The SMILES string of the molecule is Clc1ccc(-c2cc(Cl)ncn2)nc1. The van der Waals surface area contributed by atoms with Crippen LogP contribution in [-0.2, 0) is 0 Å². The Kier molecular flexibility index (Phi) is 2.61. The third-order valence-electron chi connectivity index (χ3n) is 1.62. The zero-order valence-corrected chi connectivity index (χ0v) is 8.50. The fraction of sp³-hybridized carbons (Fsp3) is 0. The normalized spacial score (nSPS) is 10.1. The highest BCUT2D eigenvalue weighted by Crippen LogP contribution is 2.17. The monoisotopic (exact) mass is 225 g/mol. The molecule has 2 aromatic heterocycles. The number of halogens is 2. The van der Waals surface area contributed by atoms with Crippen molar-refractivity contribution in [2.45, 2.75) is 0 Å². The lowest BCUT2D eigenvalue weighted by atomic mass is 10.3. The maximum atomic E-state index is 5.72. The molecule has 14 heavy (non-hydrogen) atoms. The Bertz CT molecular complexity index is 442. The molecule has 70 valence electrons. The molecule has 2 rings (SSSR count). The van der Waals surface area contributed by atoms with Gasteiger partial charge in [-0.05, 0) is 12.1 Å². The molecule has 0 aliphatic carbocycles. The summed E-state index contributed by atoms with van der Waals surface area (Å²) in [7, 11) is 0. The quantitative estimate of drug-likeness (QED) is 0.701. The Hall–Kier alpha value is -1.19. The first-order valence-electron chi connectivity index (χ1n) is 3.85. The Morgan fingerprint density at radius 1 is 0.929 bits per heavy atom. The summed E-state index contributed by atoms with van der Waals surface area (Å²) in [6.07, 6.45) is 2.96. The van der Waals surface area contributed by atoms with E-state index in [2.05, 4.69) is 15.0 Å². The molecule has 0 saturated carbocycles. The van der Waals surface area contributed by atoms with E-state index in [4.69, 9.17) is 23.2 Å². The fourth-order valence-corrected chi connectivity index (χ4v) is 1.26. The van der Waals surface area contributed by atoms with Crippen LogP contribution in [0.1, 0.15) is 0 Å². The van der Waals surface area contributed by atoms with E-state index in [0.717, 1.165) is 5.69 Å². The molecule has 0 radical (unpaired) electrons. The zero-order chi connectivity index (χ0) is 9.97. The molecule has 0 amide bonds. The average molecular weight is 226 g/mol. The lowest BCUT2D eigenvalue weighted by Gasteiger charge is -1.98. The number of pyridine rings is 1. The summed E-state index contributed by atoms with van der Waals surface area (Å²) in [4.78, 5) is 11.9. The molecule has 0 aliphatic rings. The first-order chi connectivity index (χ1) is 6.75. The van der Waals surface area contributed by atoms with Crippen LogP contribution in [0.25, 0.3) is 11.4 Å². The van der Waals surface area contributed by atoms with Gasteiger partial charge in [-0.15, -0.1) is 0 Å². The van der Waals surface area contributed by atoms with Crippen LogP contribution >= 0.6 is 23.2 Å². The molecule has 0 fully saturated rings. The van der Waals surface area contributed by atoms with E-state index in [1.165, 1.54) is 6.33 Å². The largest absolute Gasteiger partial charge is 0.253 e. The molecule has 0 spiro atoms. The first-order valence-corrected chi connectivity index (χ1v) is 4.61. The predicted octanol–water partition coefficient (Wildman–Crippen LogP) is 2.85. The van der Waals surface area contributed by atoms with Crippen molar-refractivity contribution < 1.29 is 0 Å². The third kappa shape index (κ3) is 2.00. The van der Waals surface area contributed by atoms with Crippen molar-refractivity contribution >= 4 is 23.2 Å². The van der Waals surface area contributed by atoms with E-state index in [0.29, 0.717) is 15.9 Å². The van der Waals surface area contributed by atoms with Crippen LogP contribution in [0.4, 0.5) is 0 Å². The van der Waals surface area contributed by atoms with E-state index < -0.39 is 0 Å². The summed E-state index contributed by atoms with van der Waals surface area (Å²) in [5.74, 6) is 0. The van der Waals surface area contributed by atoms with Crippen LogP contribution in [-0.4, -0.2) is 15.0 Å².